The number of ether oxygens (including phenoxy) is 1. The van der Waals surface area contributed by atoms with Crippen molar-refractivity contribution in [3.05, 3.63) is 54.9 Å². The second-order valence-electron chi connectivity index (χ2n) is 5.06. The zero-order chi connectivity index (χ0) is 14.2. The van der Waals surface area contributed by atoms with Crippen LogP contribution < -0.4 is 14.2 Å². The Balaban J connectivity index is 1.66. The van der Waals surface area contributed by atoms with Gasteiger partial charge >= 0.3 is 0 Å². The summed E-state index contributed by atoms with van der Waals surface area (Å²) in [6.07, 6.45) is 6.46. The molecule has 0 saturated carbocycles. The number of hydrogen-bond donors (Lipinski definition) is 0. The van der Waals surface area contributed by atoms with Crippen LogP contribution in [0.15, 0.2) is 54.9 Å². The van der Waals surface area contributed by atoms with Crippen LogP contribution in [-0.2, 0) is 6.54 Å². The fourth-order valence-corrected chi connectivity index (χ4v) is 2.00. The topological polar surface area (TPSA) is 16.4 Å². The highest BCUT2D eigenvalue weighted by Gasteiger charge is 2.02. The second-order valence-corrected chi connectivity index (χ2v) is 5.06. The predicted octanol–water partition coefficient (Wildman–Crippen LogP) is 2.90. The summed E-state index contributed by atoms with van der Waals surface area (Å²) in [5.41, 5.74) is 1.23. The Hall–Kier alpha value is -2.03. The number of rotatable bonds is 7. The number of aryl methyl sites for hydroxylation is 1. The first-order valence-electron chi connectivity index (χ1n) is 7.10. The summed E-state index contributed by atoms with van der Waals surface area (Å²) in [6, 6.07) is 14.3. The van der Waals surface area contributed by atoms with E-state index in [9.17, 15) is 0 Å². The lowest BCUT2D eigenvalue weighted by Crippen LogP contribution is -2.33. The minimum Gasteiger partial charge on any atom is -0.494 e. The molecule has 0 fully saturated rings. The van der Waals surface area contributed by atoms with Crippen molar-refractivity contribution >= 4 is 5.69 Å². The molecule has 106 valence electrons. The Kier molecular flexibility index (Phi) is 5.42. The van der Waals surface area contributed by atoms with E-state index >= 15 is 0 Å². The van der Waals surface area contributed by atoms with Crippen molar-refractivity contribution in [2.24, 2.45) is 0 Å². The van der Waals surface area contributed by atoms with Gasteiger partial charge in [0.2, 0.25) is 0 Å². The predicted molar refractivity (Wildman–Crippen MR) is 82.1 cm³/mol. The molecule has 0 amide bonds. The van der Waals surface area contributed by atoms with Crippen molar-refractivity contribution in [3.8, 4) is 5.75 Å². The number of pyridine rings is 1. The highest BCUT2D eigenvalue weighted by Crippen LogP contribution is 2.09. The van der Waals surface area contributed by atoms with E-state index in [-0.39, 0.29) is 0 Å². The normalized spacial score (nSPS) is 10.3. The lowest BCUT2D eigenvalue weighted by Gasteiger charge is -2.10. The van der Waals surface area contributed by atoms with Gasteiger partial charge in [0.1, 0.15) is 12.3 Å². The molecule has 3 nitrogen and oxygen atoms in total. The van der Waals surface area contributed by atoms with Gasteiger partial charge in [-0.2, -0.15) is 0 Å². The number of unbranched alkanes of at least 4 members (excludes halogenated alkanes) is 1. The van der Waals surface area contributed by atoms with Crippen LogP contribution in [0.2, 0.25) is 0 Å². The van der Waals surface area contributed by atoms with Gasteiger partial charge in [-0.05, 0) is 18.6 Å². The van der Waals surface area contributed by atoms with Crippen LogP contribution in [0.1, 0.15) is 12.8 Å². The van der Waals surface area contributed by atoms with Crippen molar-refractivity contribution < 1.29 is 9.30 Å². The minimum atomic E-state index is 0.778. The van der Waals surface area contributed by atoms with Crippen molar-refractivity contribution in [2.75, 3.05) is 25.6 Å². The molecule has 1 aromatic heterocycles. The molecule has 0 radical (unpaired) electrons. The van der Waals surface area contributed by atoms with E-state index < -0.39 is 0 Å². The molecule has 0 saturated heterocycles. The molecule has 0 aliphatic rings. The van der Waals surface area contributed by atoms with Crippen LogP contribution >= 0.6 is 0 Å². The first-order chi connectivity index (χ1) is 9.75. The molecule has 3 heteroatoms. The molecule has 2 rings (SSSR count). The van der Waals surface area contributed by atoms with Crippen LogP contribution in [-0.4, -0.2) is 20.7 Å². The Labute approximate surface area is 121 Å². The Bertz CT molecular complexity index is 494. The van der Waals surface area contributed by atoms with Gasteiger partial charge in [-0.25, -0.2) is 4.57 Å². The monoisotopic (exact) mass is 271 g/mol. The maximum Gasteiger partial charge on any atom is 0.170 e. The molecule has 1 aromatic carbocycles. The van der Waals surface area contributed by atoms with Gasteiger partial charge < -0.3 is 9.64 Å². The van der Waals surface area contributed by atoms with Crippen molar-refractivity contribution in [1.29, 1.82) is 0 Å². The zero-order valence-corrected chi connectivity index (χ0v) is 12.3. The average molecular weight is 271 g/mol. The Morgan fingerprint density at radius 2 is 1.65 bits per heavy atom. The average Bonchev–Trinajstić information content (AvgIpc) is 2.48. The third kappa shape index (κ3) is 4.57. The van der Waals surface area contributed by atoms with Gasteiger partial charge in [-0.3, -0.25) is 0 Å². The number of para-hydroxylation sites is 1. The van der Waals surface area contributed by atoms with E-state index in [2.05, 4.69) is 48.1 Å². The van der Waals surface area contributed by atoms with Crippen LogP contribution in [0.5, 0.6) is 5.75 Å². The van der Waals surface area contributed by atoms with E-state index in [1.807, 2.05) is 30.3 Å². The number of nitrogens with zero attached hydrogens (tertiary/aromatic N) is 2. The summed E-state index contributed by atoms with van der Waals surface area (Å²) < 4.78 is 7.90. The summed E-state index contributed by atoms with van der Waals surface area (Å²) in [7, 11) is 4.11. The lowest BCUT2D eigenvalue weighted by molar-refractivity contribution is -0.697. The summed E-state index contributed by atoms with van der Waals surface area (Å²) in [5, 5.41) is 0. The minimum absolute atomic E-state index is 0.778. The molecule has 1 heterocycles. The Morgan fingerprint density at radius 1 is 0.950 bits per heavy atom. The summed E-state index contributed by atoms with van der Waals surface area (Å²) >= 11 is 0. The quantitative estimate of drug-likeness (QED) is 0.569. The molecule has 0 atom stereocenters. The summed E-state index contributed by atoms with van der Waals surface area (Å²) in [4.78, 5) is 2.11. The molecule has 0 bridgehead atoms. The first-order valence-corrected chi connectivity index (χ1v) is 7.10. The zero-order valence-electron chi connectivity index (χ0n) is 12.3. The first kappa shape index (κ1) is 14.4. The van der Waals surface area contributed by atoms with Gasteiger partial charge in [0.15, 0.2) is 12.4 Å². The van der Waals surface area contributed by atoms with Crippen molar-refractivity contribution in [3.63, 3.8) is 0 Å². The number of aromatic nitrogens is 1. The molecular formula is C17H23N2O+. The third-order valence-electron chi connectivity index (χ3n) is 3.21. The van der Waals surface area contributed by atoms with Crippen molar-refractivity contribution in [2.45, 2.75) is 19.4 Å². The molecule has 0 spiro atoms. The van der Waals surface area contributed by atoms with Gasteiger partial charge in [-0.15, -0.1) is 0 Å². The third-order valence-corrected chi connectivity index (χ3v) is 3.21. The lowest BCUT2D eigenvalue weighted by atomic mass is 10.3. The van der Waals surface area contributed by atoms with E-state index in [0.717, 1.165) is 31.7 Å². The smallest absolute Gasteiger partial charge is 0.170 e. The summed E-state index contributed by atoms with van der Waals surface area (Å²) in [5.74, 6) is 0.954. The van der Waals surface area contributed by atoms with E-state index in [4.69, 9.17) is 4.74 Å². The maximum absolute atomic E-state index is 5.68. The highest BCUT2D eigenvalue weighted by molar-refractivity contribution is 5.41. The maximum atomic E-state index is 5.68. The molecule has 0 aliphatic heterocycles. The van der Waals surface area contributed by atoms with Crippen LogP contribution in [0, 0.1) is 0 Å². The SMILES string of the molecule is CN(C)c1cc[n+](CCCCOc2ccccc2)cc1. The second kappa shape index (κ2) is 7.53. The standard InChI is InChI=1S/C17H23N2O/c1-18(2)16-10-13-19(14-11-16)12-6-7-15-20-17-8-4-3-5-9-17/h3-5,8-11,13-14H,6-7,12,15H2,1-2H3/q+1. The number of hydrogen-bond acceptors (Lipinski definition) is 2. The highest BCUT2D eigenvalue weighted by atomic mass is 16.5. The molecule has 2 aromatic rings. The fourth-order valence-electron chi connectivity index (χ4n) is 2.00. The van der Waals surface area contributed by atoms with Crippen LogP contribution in [0.3, 0.4) is 0 Å². The molecular weight excluding hydrogens is 248 g/mol. The van der Waals surface area contributed by atoms with Gasteiger partial charge in [0.05, 0.1) is 6.61 Å². The van der Waals surface area contributed by atoms with Gasteiger partial charge in [0, 0.05) is 38.3 Å². The number of anilines is 1. The van der Waals surface area contributed by atoms with Crippen LogP contribution in [0.25, 0.3) is 0 Å². The van der Waals surface area contributed by atoms with Crippen molar-refractivity contribution in [1.82, 2.24) is 0 Å². The van der Waals surface area contributed by atoms with Gasteiger partial charge in [0.25, 0.3) is 0 Å². The molecule has 20 heavy (non-hydrogen) atoms. The molecule has 0 aliphatic carbocycles. The van der Waals surface area contributed by atoms with E-state index in [1.54, 1.807) is 0 Å². The largest absolute Gasteiger partial charge is 0.494 e. The van der Waals surface area contributed by atoms with Gasteiger partial charge in [-0.1, -0.05) is 18.2 Å². The van der Waals surface area contributed by atoms with E-state index in [1.165, 1.54) is 5.69 Å². The fraction of sp³-hybridized carbons (Fsp3) is 0.353. The molecule has 0 unspecified atom stereocenters. The van der Waals surface area contributed by atoms with E-state index in [0.29, 0.717) is 0 Å². The Morgan fingerprint density at radius 3 is 2.30 bits per heavy atom. The molecule has 0 N–H and O–H groups in total. The number of benzene rings is 1. The van der Waals surface area contributed by atoms with Crippen LogP contribution in [0.4, 0.5) is 5.69 Å². The summed E-state index contributed by atoms with van der Waals surface area (Å²) in [6.45, 7) is 1.81.